The SMILES string of the molecule is CCCC/C=C/C/C=C/CCCCCCCC(=O)OCC(COC(=O)CCCCCCC/C=C/C1C=CC(CCCC)CC1(C)C(=O)OCC(F)(F)F)OC(=O)CCCCCCCC1C=CC(/C=C/CCCC)CC1(C)C(=O)OCC(F)(F)F. The summed E-state index contributed by atoms with van der Waals surface area (Å²) in [4.78, 5) is 65.0. The summed E-state index contributed by atoms with van der Waals surface area (Å²) in [6.45, 7) is 6.01. The highest BCUT2D eigenvalue weighted by Crippen LogP contribution is 2.45. The average Bonchev–Trinajstić information content (AvgIpc) is 2.28. The Kier molecular flexibility index (Phi) is 39.4. The number of esters is 5. The maximum absolute atomic E-state index is 13.2. The Bertz CT molecular complexity index is 2020. The Morgan fingerprint density at radius 1 is 0.476 bits per heavy atom. The van der Waals surface area contributed by atoms with Gasteiger partial charge in [0.15, 0.2) is 19.3 Å². The van der Waals surface area contributed by atoms with Gasteiger partial charge in [-0.25, -0.2) is 0 Å². The highest BCUT2D eigenvalue weighted by Gasteiger charge is 2.47. The minimum Gasteiger partial charge on any atom is -0.462 e. The number of carbonyl (C=O) groups excluding carboxylic acids is 5. The second-order valence-corrected chi connectivity index (χ2v) is 23.8. The van der Waals surface area contributed by atoms with E-state index >= 15 is 0 Å². The highest BCUT2D eigenvalue weighted by atomic mass is 19.4. The van der Waals surface area contributed by atoms with E-state index in [4.69, 9.17) is 23.7 Å². The Hall–Kier alpha value is -4.63. The first kappa shape index (κ1) is 75.5. The van der Waals surface area contributed by atoms with Crippen molar-refractivity contribution in [2.75, 3.05) is 26.4 Å². The molecule has 0 heterocycles. The molecule has 2 aliphatic carbocycles. The molecule has 0 spiro atoms. The van der Waals surface area contributed by atoms with Crippen molar-refractivity contribution in [3.63, 3.8) is 0 Å². The zero-order valence-corrected chi connectivity index (χ0v) is 51.8. The summed E-state index contributed by atoms with van der Waals surface area (Å²) in [5.41, 5.74) is -2.21. The molecule has 2 rings (SSSR count). The maximum Gasteiger partial charge on any atom is 0.422 e. The third-order valence-electron chi connectivity index (χ3n) is 16.0. The molecule has 0 saturated heterocycles. The van der Waals surface area contributed by atoms with Crippen molar-refractivity contribution in [1.82, 2.24) is 0 Å². The summed E-state index contributed by atoms with van der Waals surface area (Å²) >= 11 is 0. The minimum absolute atomic E-state index is 0.0776. The zero-order chi connectivity index (χ0) is 62.0. The van der Waals surface area contributed by atoms with E-state index in [-0.39, 0.29) is 56.1 Å². The summed E-state index contributed by atoms with van der Waals surface area (Å²) in [6, 6.07) is 0. The molecule has 0 aliphatic heterocycles. The molecule has 0 N–H and O–H groups in total. The van der Waals surface area contributed by atoms with Gasteiger partial charge in [0, 0.05) is 25.2 Å². The Balaban J connectivity index is 1.86. The monoisotopic (exact) mass is 1200 g/mol. The maximum atomic E-state index is 13.2. The van der Waals surface area contributed by atoms with Gasteiger partial charge in [-0.3, -0.25) is 24.0 Å². The minimum atomic E-state index is -4.62. The molecular weight excluding hydrogens is 1090 g/mol. The number of alkyl halides is 6. The smallest absolute Gasteiger partial charge is 0.422 e. The number of hydrogen-bond acceptors (Lipinski definition) is 10. The van der Waals surface area contributed by atoms with Gasteiger partial charge in [0.05, 0.1) is 10.8 Å². The van der Waals surface area contributed by atoms with E-state index in [1.807, 2.05) is 36.5 Å². The lowest BCUT2D eigenvalue weighted by atomic mass is 9.65. The van der Waals surface area contributed by atoms with Crippen LogP contribution in [0.1, 0.15) is 247 Å². The molecule has 0 fully saturated rings. The number of carbonyl (C=O) groups is 5. The van der Waals surface area contributed by atoms with Crippen LogP contribution < -0.4 is 0 Å². The molecule has 2 aliphatic rings. The van der Waals surface area contributed by atoms with Crippen LogP contribution in [0.15, 0.2) is 72.9 Å². The second kappa shape index (κ2) is 43.9. The molecule has 10 nitrogen and oxygen atoms in total. The summed E-state index contributed by atoms with van der Waals surface area (Å²) in [6.07, 6.45) is 40.7. The van der Waals surface area contributed by atoms with Crippen molar-refractivity contribution in [1.29, 1.82) is 0 Å². The fourth-order valence-electron chi connectivity index (χ4n) is 10.8. The number of unbranched alkanes of at least 4 members (excludes halogenated alkanes) is 19. The fourth-order valence-corrected chi connectivity index (χ4v) is 10.8. The third kappa shape index (κ3) is 35.1. The summed E-state index contributed by atoms with van der Waals surface area (Å²) in [7, 11) is 0. The Morgan fingerprint density at radius 2 is 0.940 bits per heavy atom. The van der Waals surface area contributed by atoms with E-state index < -0.39 is 72.3 Å². The first-order valence-electron chi connectivity index (χ1n) is 32.1. The molecule has 0 aromatic heterocycles. The predicted octanol–water partition coefficient (Wildman–Crippen LogP) is 19.0. The molecule has 7 atom stereocenters. The third-order valence-corrected chi connectivity index (χ3v) is 16.0. The molecule has 480 valence electrons. The normalized spacial score (nSPS) is 21.4. The topological polar surface area (TPSA) is 132 Å². The van der Waals surface area contributed by atoms with Crippen molar-refractivity contribution in [3.05, 3.63) is 72.9 Å². The lowest BCUT2D eigenvalue weighted by molar-refractivity contribution is -0.195. The second-order valence-electron chi connectivity index (χ2n) is 23.8. The van der Waals surface area contributed by atoms with Gasteiger partial charge in [0.25, 0.3) is 0 Å². The van der Waals surface area contributed by atoms with Crippen LogP contribution in [0.5, 0.6) is 0 Å². The van der Waals surface area contributed by atoms with Gasteiger partial charge in [0.2, 0.25) is 0 Å². The van der Waals surface area contributed by atoms with Crippen LogP contribution in [-0.2, 0) is 47.7 Å². The number of ether oxygens (including phenoxy) is 5. The van der Waals surface area contributed by atoms with Crippen molar-refractivity contribution in [3.8, 4) is 0 Å². The van der Waals surface area contributed by atoms with Crippen LogP contribution in [0, 0.1) is 34.5 Å². The first-order chi connectivity index (χ1) is 40.2. The number of halogens is 6. The standard InChI is InChI=1S/C68H106F6O10/c1-6-9-12-14-15-16-17-18-19-20-21-24-29-35-42-60(75)80-51-59(84-62(77)44-37-31-26-28-34-41-58-48-46-56(39-32-13-10-7-2)50-66(58,5)64(79)83-54-68(72,73)74)52-81-61(76)43-36-30-25-22-23-27-33-40-57-47-45-55(38-11-8-3)49-65(57,4)63(78)82-53-67(69,70)71/h14-15,17-18,32-33,39-40,45-48,55-59H,6-13,16,19-31,34-38,41-44,49-54H2,1-5H3/b15-14+,18-17+,39-32+,40-33+. The molecule has 0 radical (unpaired) electrons. The predicted molar refractivity (Wildman–Crippen MR) is 320 cm³/mol. The summed E-state index contributed by atoms with van der Waals surface area (Å²) in [5, 5.41) is 0. The quantitative estimate of drug-likeness (QED) is 0.0191. The van der Waals surface area contributed by atoms with Crippen LogP contribution >= 0.6 is 0 Å². The van der Waals surface area contributed by atoms with Crippen molar-refractivity contribution in [2.45, 2.75) is 265 Å². The van der Waals surface area contributed by atoms with Gasteiger partial charge in [-0.15, -0.1) is 0 Å². The van der Waals surface area contributed by atoms with E-state index in [0.717, 1.165) is 135 Å². The molecule has 0 aromatic carbocycles. The van der Waals surface area contributed by atoms with Crippen LogP contribution in [0.25, 0.3) is 0 Å². The van der Waals surface area contributed by atoms with Crippen molar-refractivity contribution in [2.24, 2.45) is 34.5 Å². The van der Waals surface area contributed by atoms with Gasteiger partial charge in [0.1, 0.15) is 13.2 Å². The van der Waals surface area contributed by atoms with Gasteiger partial charge in [-0.1, -0.05) is 196 Å². The average molecular weight is 1200 g/mol. The molecule has 0 bridgehead atoms. The molecular formula is C68H106F6O10. The van der Waals surface area contributed by atoms with Crippen LogP contribution in [0.2, 0.25) is 0 Å². The van der Waals surface area contributed by atoms with E-state index in [0.29, 0.717) is 44.9 Å². The van der Waals surface area contributed by atoms with Crippen LogP contribution in [-0.4, -0.2) is 74.7 Å². The van der Waals surface area contributed by atoms with E-state index in [1.165, 1.54) is 12.8 Å². The van der Waals surface area contributed by atoms with Crippen LogP contribution in [0.4, 0.5) is 26.3 Å². The zero-order valence-electron chi connectivity index (χ0n) is 51.8. The number of hydrogen-bond donors (Lipinski definition) is 0. The molecule has 16 heteroatoms. The summed E-state index contributed by atoms with van der Waals surface area (Å²) < 4.78 is 104. The largest absolute Gasteiger partial charge is 0.462 e. The Labute approximate surface area is 500 Å². The van der Waals surface area contributed by atoms with Gasteiger partial charge in [-0.2, -0.15) is 26.3 Å². The van der Waals surface area contributed by atoms with E-state index in [2.05, 4.69) is 57.2 Å². The van der Waals surface area contributed by atoms with Crippen molar-refractivity contribution >= 4 is 29.8 Å². The van der Waals surface area contributed by atoms with E-state index in [1.54, 1.807) is 13.8 Å². The van der Waals surface area contributed by atoms with Gasteiger partial charge >= 0.3 is 42.2 Å². The molecule has 7 unspecified atom stereocenters. The Morgan fingerprint density at radius 3 is 1.49 bits per heavy atom. The lowest BCUT2D eigenvalue weighted by Crippen LogP contribution is -2.41. The van der Waals surface area contributed by atoms with E-state index in [9.17, 15) is 50.3 Å². The lowest BCUT2D eigenvalue weighted by Gasteiger charge is -2.39. The first-order valence-corrected chi connectivity index (χ1v) is 32.1. The number of rotatable bonds is 46. The molecule has 0 amide bonds. The fraction of sp³-hybridized carbons (Fsp3) is 0.750. The van der Waals surface area contributed by atoms with Gasteiger partial charge in [-0.05, 0) is 121 Å². The molecule has 0 aromatic rings. The summed E-state index contributed by atoms with van der Waals surface area (Å²) in [5.74, 6) is -3.72. The number of allylic oxidation sites excluding steroid dienone is 12. The molecule has 84 heavy (non-hydrogen) atoms. The van der Waals surface area contributed by atoms with Crippen molar-refractivity contribution < 1.29 is 74.0 Å². The highest BCUT2D eigenvalue weighted by molar-refractivity contribution is 5.78. The van der Waals surface area contributed by atoms with Gasteiger partial charge < -0.3 is 23.7 Å². The van der Waals surface area contributed by atoms with Crippen LogP contribution in [0.3, 0.4) is 0 Å². The molecule has 0 saturated carbocycles.